The summed E-state index contributed by atoms with van der Waals surface area (Å²) in [5.41, 5.74) is 0.546. The fraction of sp³-hybridized carbons (Fsp3) is 0.231. The SMILES string of the molecule is CCOC(C)=O.Oc1ccc(Cl)c2cccnc12. The number of pyridine rings is 1. The number of fused-ring (bicyclic) bond motifs is 1. The first kappa shape index (κ1) is 14.3. The van der Waals surface area contributed by atoms with Gasteiger partial charge in [0, 0.05) is 18.5 Å². The summed E-state index contributed by atoms with van der Waals surface area (Å²) in [7, 11) is 0. The number of nitrogens with zero attached hydrogens (tertiary/aromatic N) is 1. The van der Waals surface area contributed by atoms with Crippen molar-refractivity contribution >= 4 is 28.5 Å². The summed E-state index contributed by atoms with van der Waals surface area (Å²) >= 11 is 5.88. The molecule has 96 valence electrons. The quantitative estimate of drug-likeness (QED) is 0.806. The number of aromatic nitrogens is 1. The normalized spacial score (nSPS) is 9.50. The molecule has 0 radical (unpaired) electrons. The number of hydrogen-bond donors (Lipinski definition) is 1. The molecule has 0 spiro atoms. The summed E-state index contributed by atoms with van der Waals surface area (Å²) in [4.78, 5) is 13.8. The molecule has 0 aliphatic heterocycles. The Bertz CT molecular complexity index is 502. The lowest BCUT2D eigenvalue weighted by Crippen LogP contribution is -1.95. The van der Waals surface area contributed by atoms with Crippen LogP contribution in [0.4, 0.5) is 0 Å². The van der Waals surface area contributed by atoms with Crippen LogP contribution in [-0.2, 0) is 9.53 Å². The van der Waals surface area contributed by atoms with E-state index in [1.165, 1.54) is 13.0 Å². The Morgan fingerprint density at radius 1 is 1.44 bits per heavy atom. The summed E-state index contributed by atoms with van der Waals surface area (Å²) < 4.78 is 4.40. The van der Waals surface area contributed by atoms with Gasteiger partial charge in [-0.3, -0.25) is 9.78 Å². The lowest BCUT2D eigenvalue weighted by Gasteiger charge is -2.00. The monoisotopic (exact) mass is 267 g/mol. The number of rotatable bonds is 1. The summed E-state index contributed by atoms with van der Waals surface area (Å²) in [6.07, 6.45) is 1.62. The van der Waals surface area contributed by atoms with Gasteiger partial charge in [0.05, 0.1) is 11.6 Å². The molecule has 5 heteroatoms. The minimum Gasteiger partial charge on any atom is -0.506 e. The predicted molar refractivity (Wildman–Crippen MR) is 70.7 cm³/mol. The number of carbonyl (C=O) groups is 1. The number of benzene rings is 1. The summed E-state index contributed by atoms with van der Waals surface area (Å²) in [5.74, 6) is -0.0486. The van der Waals surface area contributed by atoms with Crippen molar-refractivity contribution in [2.75, 3.05) is 6.61 Å². The minimum absolute atomic E-state index is 0.162. The molecule has 1 heterocycles. The lowest BCUT2D eigenvalue weighted by molar-refractivity contribution is -0.140. The fourth-order valence-electron chi connectivity index (χ4n) is 1.33. The van der Waals surface area contributed by atoms with Crippen LogP contribution in [-0.4, -0.2) is 22.7 Å². The van der Waals surface area contributed by atoms with Gasteiger partial charge in [-0.25, -0.2) is 0 Å². The smallest absolute Gasteiger partial charge is 0.302 e. The standard InChI is InChI=1S/C9H6ClNO.C4H8O2/c10-7-3-4-8(12)9-6(7)2-1-5-11-9;1-3-6-4(2)5/h1-5,12H;3H2,1-2H3. The third-order valence-electron chi connectivity index (χ3n) is 2.04. The van der Waals surface area contributed by atoms with E-state index in [9.17, 15) is 9.90 Å². The molecule has 0 atom stereocenters. The Morgan fingerprint density at radius 3 is 2.67 bits per heavy atom. The second-order valence-corrected chi connectivity index (χ2v) is 3.80. The number of phenolic OH excluding ortho intramolecular Hbond substituents is 1. The number of aromatic hydroxyl groups is 1. The maximum Gasteiger partial charge on any atom is 0.302 e. The number of hydrogen-bond acceptors (Lipinski definition) is 4. The molecule has 1 aromatic heterocycles. The van der Waals surface area contributed by atoms with Gasteiger partial charge in [-0.15, -0.1) is 0 Å². The van der Waals surface area contributed by atoms with Crippen molar-refractivity contribution in [3.05, 3.63) is 35.5 Å². The van der Waals surface area contributed by atoms with Gasteiger partial charge >= 0.3 is 5.97 Å². The molecule has 0 aliphatic rings. The summed E-state index contributed by atoms with van der Waals surface area (Å²) in [6.45, 7) is 3.65. The number of esters is 1. The molecular weight excluding hydrogens is 254 g/mol. The highest BCUT2D eigenvalue weighted by Gasteiger charge is 2.02. The topological polar surface area (TPSA) is 59.4 Å². The highest BCUT2D eigenvalue weighted by atomic mass is 35.5. The molecule has 1 N–H and O–H groups in total. The molecule has 4 nitrogen and oxygen atoms in total. The van der Waals surface area contributed by atoms with Gasteiger partial charge < -0.3 is 9.84 Å². The molecule has 0 unspecified atom stereocenters. The average Bonchev–Trinajstić information content (AvgIpc) is 2.35. The number of ether oxygens (including phenoxy) is 1. The Labute approximate surface area is 110 Å². The number of carbonyl (C=O) groups excluding carboxylic acids is 1. The van der Waals surface area contributed by atoms with E-state index >= 15 is 0 Å². The van der Waals surface area contributed by atoms with E-state index < -0.39 is 0 Å². The van der Waals surface area contributed by atoms with E-state index in [-0.39, 0.29) is 11.7 Å². The van der Waals surface area contributed by atoms with Crippen molar-refractivity contribution in [3.63, 3.8) is 0 Å². The van der Waals surface area contributed by atoms with Gasteiger partial charge in [0.1, 0.15) is 11.3 Å². The van der Waals surface area contributed by atoms with Gasteiger partial charge in [-0.05, 0) is 31.2 Å². The molecule has 0 amide bonds. The lowest BCUT2D eigenvalue weighted by atomic mass is 10.2. The predicted octanol–water partition coefficient (Wildman–Crippen LogP) is 3.16. The average molecular weight is 268 g/mol. The van der Waals surface area contributed by atoms with E-state index in [0.717, 1.165) is 5.39 Å². The van der Waals surface area contributed by atoms with E-state index in [1.807, 2.05) is 6.07 Å². The molecule has 0 saturated heterocycles. The maximum atomic E-state index is 9.82. The van der Waals surface area contributed by atoms with E-state index in [1.54, 1.807) is 25.3 Å². The molecule has 0 saturated carbocycles. The van der Waals surface area contributed by atoms with E-state index in [0.29, 0.717) is 17.1 Å². The molecule has 0 aliphatic carbocycles. The van der Waals surface area contributed by atoms with Crippen LogP contribution >= 0.6 is 11.6 Å². The molecule has 2 rings (SSSR count). The van der Waals surface area contributed by atoms with Crippen LogP contribution in [0.5, 0.6) is 5.75 Å². The van der Waals surface area contributed by atoms with Gasteiger partial charge in [0.25, 0.3) is 0 Å². The van der Waals surface area contributed by atoms with Crippen molar-refractivity contribution in [2.24, 2.45) is 0 Å². The zero-order valence-corrected chi connectivity index (χ0v) is 10.9. The molecule has 0 fully saturated rings. The number of phenols is 1. The van der Waals surface area contributed by atoms with Crippen LogP contribution in [0.3, 0.4) is 0 Å². The van der Waals surface area contributed by atoms with Crippen LogP contribution in [0, 0.1) is 0 Å². The second-order valence-electron chi connectivity index (χ2n) is 3.39. The van der Waals surface area contributed by atoms with Crippen molar-refractivity contribution in [2.45, 2.75) is 13.8 Å². The third-order valence-corrected chi connectivity index (χ3v) is 2.37. The molecular formula is C13H14ClNO3. The van der Waals surface area contributed by atoms with Crippen LogP contribution < -0.4 is 0 Å². The third kappa shape index (κ3) is 3.89. The van der Waals surface area contributed by atoms with Crippen molar-refractivity contribution < 1.29 is 14.6 Å². The van der Waals surface area contributed by atoms with E-state index in [2.05, 4.69) is 9.72 Å². The Morgan fingerprint density at radius 2 is 2.17 bits per heavy atom. The zero-order valence-electron chi connectivity index (χ0n) is 10.2. The highest BCUT2D eigenvalue weighted by Crippen LogP contribution is 2.28. The Balaban J connectivity index is 0.000000232. The largest absolute Gasteiger partial charge is 0.506 e. The first-order valence-electron chi connectivity index (χ1n) is 5.41. The highest BCUT2D eigenvalue weighted by molar-refractivity contribution is 6.35. The zero-order chi connectivity index (χ0) is 13.5. The minimum atomic E-state index is -0.211. The van der Waals surface area contributed by atoms with Gasteiger partial charge in [-0.2, -0.15) is 0 Å². The Kier molecular flexibility index (Phi) is 5.39. The molecule has 2 aromatic rings. The summed E-state index contributed by atoms with van der Waals surface area (Å²) in [5, 5.41) is 10.8. The van der Waals surface area contributed by atoms with Crippen molar-refractivity contribution in [1.82, 2.24) is 4.98 Å². The van der Waals surface area contributed by atoms with E-state index in [4.69, 9.17) is 11.6 Å². The molecule has 0 bridgehead atoms. The second kappa shape index (κ2) is 6.81. The van der Waals surface area contributed by atoms with Crippen LogP contribution in [0.15, 0.2) is 30.5 Å². The first-order valence-corrected chi connectivity index (χ1v) is 5.79. The fourth-order valence-corrected chi connectivity index (χ4v) is 1.54. The van der Waals surface area contributed by atoms with Crippen molar-refractivity contribution in [1.29, 1.82) is 0 Å². The van der Waals surface area contributed by atoms with Crippen LogP contribution in [0.1, 0.15) is 13.8 Å². The maximum absolute atomic E-state index is 9.82. The van der Waals surface area contributed by atoms with Gasteiger partial charge in [0.2, 0.25) is 0 Å². The van der Waals surface area contributed by atoms with Crippen molar-refractivity contribution in [3.8, 4) is 5.75 Å². The Hall–Kier alpha value is -1.81. The van der Waals surface area contributed by atoms with Crippen LogP contribution in [0.2, 0.25) is 5.02 Å². The summed E-state index contributed by atoms with van der Waals surface area (Å²) in [6, 6.07) is 6.80. The van der Waals surface area contributed by atoms with Crippen LogP contribution in [0.25, 0.3) is 10.9 Å². The first-order chi connectivity index (χ1) is 8.56. The van der Waals surface area contributed by atoms with Gasteiger partial charge in [-0.1, -0.05) is 11.6 Å². The molecule has 1 aromatic carbocycles. The number of halogens is 1. The van der Waals surface area contributed by atoms with Gasteiger partial charge in [0.15, 0.2) is 0 Å². The molecule has 18 heavy (non-hydrogen) atoms.